The number of rotatable bonds is 3. The molecule has 0 saturated carbocycles. The van der Waals surface area contributed by atoms with E-state index < -0.39 is 11.7 Å². The minimum Gasteiger partial charge on any atom is -0.380 e. The summed E-state index contributed by atoms with van der Waals surface area (Å²) in [5, 5.41) is 2.74. The molecule has 0 amide bonds. The first-order valence-electron chi connectivity index (χ1n) is 5.31. The highest BCUT2D eigenvalue weighted by molar-refractivity contribution is 9.10. The Morgan fingerprint density at radius 3 is 2.47 bits per heavy atom. The first-order valence-corrected chi connectivity index (χ1v) is 6.10. The van der Waals surface area contributed by atoms with Gasteiger partial charge in [0.05, 0.1) is 5.56 Å². The van der Waals surface area contributed by atoms with Crippen molar-refractivity contribution in [3.63, 3.8) is 0 Å². The first kappa shape index (κ1) is 13.8. The summed E-state index contributed by atoms with van der Waals surface area (Å²) in [5.74, 6) is 0. The van der Waals surface area contributed by atoms with Gasteiger partial charge in [-0.1, -0.05) is 15.9 Å². The van der Waals surface area contributed by atoms with Crippen molar-refractivity contribution >= 4 is 21.6 Å². The lowest BCUT2D eigenvalue weighted by Gasteiger charge is -2.14. The molecule has 19 heavy (non-hydrogen) atoms. The number of alkyl halides is 3. The van der Waals surface area contributed by atoms with Gasteiger partial charge in [-0.3, -0.25) is 0 Å². The van der Waals surface area contributed by atoms with Crippen LogP contribution in [0.2, 0.25) is 0 Å². The van der Waals surface area contributed by atoms with E-state index in [0.717, 1.165) is 6.07 Å². The first-order chi connectivity index (χ1) is 8.97. The fourth-order valence-electron chi connectivity index (χ4n) is 1.52. The maximum atomic E-state index is 12.9. The lowest BCUT2D eigenvalue weighted by molar-refractivity contribution is -0.137. The summed E-state index contributed by atoms with van der Waals surface area (Å²) in [4.78, 5) is 7.60. The Morgan fingerprint density at radius 2 is 1.84 bits per heavy atom. The Balaban J connectivity index is 2.21. The quantitative estimate of drug-likeness (QED) is 0.927. The van der Waals surface area contributed by atoms with Crippen molar-refractivity contribution in [3.05, 3.63) is 52.5 Å². The molecule has 0 spiro atoms. The molecule has 0 aliphatic heterocycles. The Hall–Kier alpha value is -1.63. The van der Waals surface area contributed by atoms with E-state index in [1.807, 2.05) is 0 Å². The summed E-state index contributed by atoms with van der Waals surface area (Å²) in [6, 6.07) is 3.99. The lowest BCUT2D eigenvalue weighted by Crippen LogP contribution is -2.11. The van der Waals surface area contributed by atoms with Crippen LogP contribution in [0.5, 0.6) is 0 Å². The third-order valence-corrected chi connectivity index (χ3v) is 2.88. The van der Waals surface area contributed by atoms with E-state index in [1.54, 1.807) is 18.5 Å². The van der Waals surface area contributed by atoms with E-state index in [-0.39, 0.29) is 12.2 Å². The van der Waals surface area contributed by atoms with E-state index in [9.17, 15) is 13.2 Å². The number of hydrogen-bond acceptors (Lipinski definition) is 3. The average Bonchev–Trinajstić information content (AvgIpc) is 2.37. The van der Waals surface area contributed by atoms with Crippen molar-refractivity contribution in [2.45, 2.75) is 12.7 Å². The van der Waals surface area contributed by atoms with Gasteiger partial charge in [0.1, 0.15) is 6.33 Å². The molecule has 100 valence electrons. The number of nitrogens with zero attached hydrogens (tertiary/aromatic N) is 2. The van der Waals surface area contributed by atoms with Crippen molar-refractivity contribution in [2.24, 2.45) is 0 Å². The highest BCUT2D eigenvalue weighted by Crippen LogP contribution is 2.36. The molecule has 2 aromatic rings. The topological polar surface area (TPSA) is 37.8 Å². The van der Waals surface area contributed by atoms with Crippen molar-refractivity contribution in [3.8, 4) is 0 Å². The van der Waals surface area contributed by atoms with Gasteiger partial charge in [0, 0.05) is 34.7 Å². The van der Waals surface area contributed by atoms with E-state index in [0.29, 0.717) is 10.0 Å². The second kappa shape index (κ2) is 5.56. The molecule has 0 saturated heterocycles. The van der Waals surface area contributed by atoms with Crippen LogP contribution in [-0.2, 0) is 12.7 Å². The third-order valence-electron chi connectivity index (χ3n) is 2.38. The second-order valence-electron chi connectivity index (χ2n) is 3.79. The molecule has 0 aliphatic carbocycles. The molecule has 0 unspecified atom stereocenters. The van der Waals surface area contributed by atoms with Crippen LogP contribution in [0.3, 0.4) is 0 Å². The van der Waals surface area contributed by atoms with Gasteiger partial charge in [0.15, 0.2) is 0 Å². The lowest BCUT2D eigenvalue weighted by atomic mass is 10.1. The summed E-state index contributed by atoms with van der Waals surface area (Å²) in [5.41, 5.74) is 0.0248. The SMILES string of the molecule is FC(F)(F)c1cc(Br)ccc1NCc1cncnc1. The van der Waals surface area contributed by atoms with Crippen LogP contribution < -0.4 is 5.32 Å². The number of anilines is 1. The van der Waals surface area contributed by atoms with E-state index >= 15 is 0 Å². The van der Waals surface area contributed by atoms with Crippen LogP contribution in [-0.4, -0.2) is 9.97 Å². The number of aromatic nitrogens is 2. The fraction of sp³-hybridized carbons (Fsp3) is 0.167. The molecule has 2 rings (SSSR count). The third kappa shape index (κ3) is 3.66. The molecule has 7 heteroatoms. The van der Waals surface area contributed by atoms with Crippen LogP contribution in [0.25, 0.3) is 0 Å². The molecule has 0 bridgehead atoms. The second-order valence-corrected chi connectivity index (χ2v) is 4.70. The average molecular weight is 332 g/mol. The highest BCUT2D eigenvalue weighted by atomic mass is 79.9. The molecule has 0 radical (unpaired) electrons. The van der Waals surface area contributed by atoms with Gasteiger partial charge in [-0.2, -0.15) is 13.2 Å². The zero-order valence-corrected chi connectivity index (χ0v) is 11.2. The predicted octanol–water partition coefficient (Wildman–Crippen LogP) is 3.87. The van der Waals surface area contributed by atoms with Gasteiger partial charge in [0.2, 0.25) is 0 Å². The van der Waals surface area contributed by atoms with Crippen molar-refractivity contribution in [1.82, 2.24) is 9.97 Å². The molecular weight excluding hydrogens is 323 g/mol. The molecule has 1 aromatic heterocycles. The molecule has 0 atom stereocenters. The predicted molar refractivity (Wildman–Crippen MR) is 68.5 cm³/mol. The maximum Gasteiger partial charge on any atom is 0.418 e. The van der Waals surface area contributed by atoms with Gasteiger partial charge in [-0.25, -0.2) is 9.97 Å². The number of benzene rings is 1. The standard InChI is InChI=1S/C12H9BrF3N3/c13-9-1-2-11(10(3-9)12(14,15)16)19-6-8-4-17-7-18-5-8/h1-5,7,19H,6H2. The molecule has 0 fully saturated rings. The summed E-state index contributed by atoms with van der Waals surface area (Å²) >= 11 is 3.04. The summed E-state index contributed by atoms with van der Waals surface area (Å²) in [6.45, 7) is 0.228. The normalized spacial score (nSPS) is 11.4. The maximum absolute atomic E-state index is 12.9. The van der Waals surface area contributed by atoms with Crippen LogP contribution in [0.15, 0.2) is 41.4 Å². The molecule has 1 aromatic carbocycles. The Morgan fingerprint density at radius 1 is 1.16 bits per heavy atom. The molecule has 0 aliphatic rings. The fourth-order valence-corrected chi connectivity index (χ4v) is 1.88. The molecule has 1 N–H and O–H groups in total. The summed E-state index contributed by atoms with van der Waals surface area (Å²) in [7, 11) is 0. The summed E-state index contributed by atoms with van der Waals surface area (Å²) < 4.78 is 39.0. The monoisotopic (exact) mass is 331 g/mol. The highest BCUT2D eigenvalue weighted by Gasteiger charge is 2.33. The van der Waals surface area contributed by atoms with Gasteiger partial charge < -0.3 is 5.32 Å². The van der Waals surface area contributed by atoms with E-state index in [2.05, 4.69) is 31.2 Å². The number of halogens is 4. The Labute approximate surface area is 116 Å². The van der Waals surface area contributed by atoms with E-state index in [1.165, 1.54) is 12.4 Å². The number of hydrogen-bond donors (Lipinski definition) is 1. The summed E-state index contributed by atoms with van der Waals surface area (Å²) in [6.07, 6.45) is 0.0574. The van der Waals surface area contributed by atoms with Crippen LogP contribution >= 0.6 is 15.9 Å². The van der Waals surface area contributed by atoms with Gasteiger partial charge in [-0.15, -0.1) is 0 Å². The van der Waals surface area contributed by atoms with Crippen molar-refractivity contribution < 1.29 is 13.2 Å². The van der Waals surface area contributed by atoms with Crippen LogP contribution in [0.1, 0.15) is 11.1 Å². The van der Waals surface area contributed by atoms with Crippen molar-refractivity contribution in [1.29, 1.82) is 0 Å². The van der Waals surface area contributed by atoms with Crippen LogP contribution in [0, 0.1) is 0 Å². The molecule has 3 nitrogen and oxygen atoms in total. The minimum absolute atomic E-state index is 0.0274. The Kier molecular flexibility index (Phi) is 4.04. The van der Waals surface area contributed by atoms with Crippen molar-refractivity contribution in [2.75, 3.05) is 5.32 Å². The van der Waals surface area contributed by atoms with Gasteiger partial charge >= 0.3 is 6.18 Å². The smallest absolute Gasteiger partial charge is 0.380 e. The van der Waals surface area contributed by atoms with Crippen LogP contribution in [0.4, 0.5) is 18.9 Å². The number of nitrogens with one attached hydrogen (secondary N) is 1. The molecule has 1 heterocycles. The Bertz CT molecular complexity index is 558. The largest absolute Gasteiger partial charge is 0.418 e. The van der Waals surface area contributed by atoms with E-state index in [4.69, 9.17) is 0 Å². The zero-order valence-electron chi connectivity index (χ0n) is 9.58. The van der Waals surface area contributed by atoms with Gasteiger partial charge in [0.25, 0.3) is 0 Å². The molecular formula is C12H9BrF3N3. The van der Waals surface area contributed by atoms with Gasteiger partial charge in [-0.05, 0) is 18.2 Å². The minimum atomic E-state index is -4.40. The zero-order chi connectivity index (χ0) is 13.9.